The minimum Gasteiger partial charge on any atom is -0.338 e. The summed E-state index contributed by atoms with van der Waals surface area (Å²) < 4.78 is 0. The zero-order valence-corrected chi connectivity index (χ0v) is 13.4. The monoisotopic (exact) mass is 313 g/mol. The second kappa shape index (κ2) is 7.36. The Morgan fingerprint density at radius 1 is 1.33 bits per heavy atom. The Morgan fingerprint density at radius 3 is 2.29 bits per heavy atom. The standard InChI is InChI=1S/C14H20ClN3O3/c1-9(2)7-17(8-10(3)4)14(19)11-5-13(15)16-6-12(11)18(20)21/h5-6,9-10H,7-8H2,1-4H3. The van der Waals surface area contributed by atoms with Gasteiger partial charge in [-0.05, 0) is 17.9 Å². The van der Waals surface area contributed by atoms with E-state index in [-0.39, 0.29) is 34.1 Å². The van der Waals surface area contributed by atoms with Crippen molar-refractivity contribution in [3.63, 3.8) is 0 Å². The fourth-order valence-corrected chi connectivity index (χ4v) is 2.19. The zero-order valence-electron chi connectivity index (χ0n) is 12.7. The second-order valence-corrected chi connectivity index (χ2v) is 6.17. The normalized spacial score (nSPS) is 11.0. The second-order valence-electron chi connectivity index (χ2n) is 5.78. The molecule has 1 rings (SSSR count). The van der Waals surface area contributed by atoms with E-state index < -0.39 is 4.92 Å². The highest BCUT2D eigenvalue weighted by molar-refractivity contribution is 6.29. The van der Waals surface area contributed by atoms with Gasteiger partial charge in [-0.25, -0.2) is 4.98 Å². The molecule has 0 aliphatic carbocycles. The average Bonchev–Trinajstić information content (AvgIpc) is 2.35. The maximum absolute atomic E-state index is 12.6. The molecule has 21 heavy (non-hydrogen) atoms. The number of hydrogen-bond acceptors (Lipinski definition) is 4. The molecule has 0 fully saturated rings. The van der Waals surface area contributed by atoms with Gasteiger partial charge >= 0.3 is 0 Å². The Bertz CT molecular complexity index is 522. The van der Waals surface area contributed by atoms with Crippen molar-refractivity contribution in [3.05, 3.63) is 33.1 Å². The van der Waals surface area contributed by atoms with Crippen molar-refractivity contribution in [1.82, 2.24) is 9.88 Å². The van der Waals surface area contributed by atoms with Crippen LogP contribution in [0.3, 0.4) is 0 Å². The first kappa shape index (κ1) is 17.4. The van der Waals surface area contributed by atoms with E-state index in [0.717, 1.165) is 6.20 Å². The molecular weight excluding hydrogens is 294 g/mol. The number of pyridine rings is 1. The van der Waals surface area contributed by atoms with Gasteiger partial charge in [0.25, 0.3) is 11.6 Å². The summed E-state index contributed by atoms with van der Waals surface area (Å²) in [5, 5.41) is 11.1. The van der Waals surface area contributed by atoms with Crippen LogP contribution < -0.4 is 0 Å². The molecule has 1 heterocycles. The van der Waals surface area contributed by atoms with Crippen LogP contribution in [0.15, 0.2) is 12.3 Å². The van der Waals surface area contributed by atoms with Crippen LogP contribution in [0.4, 0.5) is 5.69 Å². The Labute approximate surface area is 129 Å². The van der Waals surface area contributed by atoms with Crippen LogP contribution in [0.5, 0.6) is 0 Å². The summed E-state index contributed by atoms with van der Waals surface area (Å²) in [6.45, 7) is 9.05. The zero-order chi connectivity index (χ0) is 16.2. The molecule has 116 valence electrons. The molecule has 0 N–H and O–H groups in total. The maximum atomic E-state index is 12.6. The number of rotatable bonds is 6. The van der Waals surface area contributed by atoms with Crippen LogP contribution in [-0.4, -0.2) is 33.8 Å². The van der Waals surface area contributed by atoms with Crippen molar-refractivity contribution >= 4 is 23.2 Å². The van der Waals surface area contributed by atoms with Gasteiger partial charge in [-0.1, -0.05) is 39.3 Å². The average molecular weight is 314 g/mol. The number of aromatic nitrogens is 1. The van der Waals surface area contributed by atoms with Gasteiger partial charge in [0.2, 0.25) is 0 Å². The highest BCUT2D eigenvalue weighted by atomic mass is 35.5. The fraction of sp³-hybridized carbons (Fsp3) is 0.571. The minimum absolute atomic E-state index is 0.0127. The lowest BCUT2D eigenvalue weighted by Gasteiger charge is -2.26. The molecule has 0 radical (unpaired) electrons. The molecule has 0 unspecified atom stereocenters. The van der Waals surface area contributed by atoms with Crippen LogP contribution in [0, 0.1) is 22.0 Å². The number of carbonyl (C=O) groups is 1. The highest BCUT2D eigenvalue weighted by Gasteiger charge is 2.26. The van der Waals surface area contributed by atoms with E-state index in [1.165, 1.54) is 6.07 Å². The lowest BCUT2D eigenvalue weighted by molar-refractivity contribution is -0.385. The number of amides is 1. The molecule has 0 saturated carbocycles. The number of carbonyl (C=O) groups excluding carboxylic acids is 1. The molecular formula is C14H20ClN3O3. The van der Waals surface area contributed by atoms with Crippen LogP contribution in [0.1, 0.15) is 38.1 Å². The third kappa shape index (κ3) is 4.97. The third-order valence-electron chi connectivity index (χ3n) is 2.73. The van der Waals surface area contributed by atoms with E-state index in [1.54, 1.807) is 4.90 Å². The van der Waals surface area contributed by atoms with Gasteiger partial charge < -0.3 is 4.90 Å². The number of nitro groups is 1. The van der Waals surface area contributed by atoms with Crippen LogP contribution in [-0.2, 0) is 0 Å². The summed E-state index contributed by atoms with van der Waals surface area (Å²) in [4.78, 5) is 28.4. The van der Waals surface area contributed by atoms with Gasteiger partial charge in [0, 0.05) is 13.1 Å². The van der Waals surface area contributed by atoms with Crippen LogP contribution in [0.25, 0.3) is 0 Å². The lowest BCUT2D eigenvalue weighted by Crippen LogP contribution is -2.37. The fourth-order valence-electron chi connectivity index (χ4n) is 2.03. The summed E-state index contributed by atoms with van der Waals surface area (Å²) in [5.41, 5.74) is -0.330. The van der Waals surface area contributed by atoms with Gasteiger partial charge in [-0.2, -0.15) is 0 Å². The molecule has 1 aromatic rings. The van der Waals surface area contributed by atoms with E-state index in [9.17, 15) is 14.9 Å². The van der Waals surface area contributed by atoms with E-state index in [0.29, 0.717) is 13.1 Å². The van der Waals surface area contributed by atoms with E-state index >= 15 is 0 Å². The van der Waals surface area contributed by atoms with Crippen molar-refractivity contribution < 1.29 is 9.72 Å². The van der Waals surface area contributed by atoms with E-state index in [1.807, 2.05) is 27.7 Å². The molecule has 7 heteroatoms. The molecule has 0 bridgehead atoms. The SMILES string of the molecule is CC(C)CN(CC(C)C)C(=O)c1cc(Cl)ncc1[N+](=O)[O-]. The van der Waals surface area contributed by atoms with Crippen molar-refractivity contribution in [2.45, 2.75) is 27.7 Å². The van der Waals surface area contributed by atoms with Crippen LogP contribution in [0.2, 0.25) is 5.15 Å². The predicted molar refractivity (Wildman–Crippen MR) is 81.5 cm³/mol. The maximum Gasteiger partial charge on any atom is 0.300 e. The number of halogens is 1. The van der Waals surface area contributed by atoms with E-state index in [4.69, 9.17) is 11.6 Å². The Hall–Kier alpha value is -1.69. The van der Waals surface area contributed by atoms with Crippen molar-refractivity contribution in [2.75, 3.05) is 13.1 Å². The molecule has 0 atom stereocenters. The molecule has 6 nitrogen and oxygen atoms in total. The molecule has 0 aromatic carbocycles. The molecule has 0 saturated heterocycles. The van der Waals surface area contributed by atoms with Gasteiger partial charge in [-0.15, -0.1) is 0 Å². The smallest absolute Gasteiger partial charge is 0.300 e. The van der Waals surface area contributed by atoms with E-state index in [2.05, 4.69) is 4.98 Å². The Kier molecular flexibility index (Phi) is 6.08. The largest absolute Gasteiger partial charge is 0.338 e. The quantitative estimate of drug-likeness (QED) is 0.458. The Balaban J connectivity index is 3.18. The molecule has 1 amide bonds. The van der Waals surface area contributed by atoms with Crippen molar-refractivity contribution in [1.29, 1.82) is 0 Å². The van der Waals surface area contributed by atoms with Crippen molar-refractivity contribution in [3.8, 4) is 0 Å². The van der Waals surface area contributed by atoms with Gasteiger partial charge in [0.15, 0.2) is 0 Å². The molecule has 1 aromatic heterocycles. The summed E-state index contributed by atoms with van der Waals surface area (Å²) in [7, 11) is 0. The molecule has 0 spiro atoms. The van der Waals surface area contributed by atoms with Gasteiger partial charge in [-0.3, -0.25) is 14.9 Å². The first-order valence-corrected chi connectivity index (χ1v) is 7.19. The first-order valence-electron chi connectivity index (χ1n) is 6.81. The van der Waals surface area contributed by atoms with Gasteiger partial charge in [0.1, 0.15) is 16.9 Å². The number of hydrogen-bond donors (Lipinski definition) is 0. The predicted octanol–water partition coefficient (Wildman–Crippen LogP) is 3.40. The summed E-state index contributed by atoms with van der Waals surface area (Å²) in [6, 6.07) is 1.26. The summed E-state index contributed by atoms with van der Waals surface area (Å²) in [6.07, 6.45) is 1.03. The number of nitrogens with zero attached hydrogens (tertiary/aromatic N) is 3. The first-order chi connectivity index (χ1) is 9.72. The highest BCUT2D eigenvalue weighted by Crippen LogP contribution is 2.23. The molecule has 0 aliphatic rings. The Morgan fingerprint density at radius 2 is 1.86 bits per heavy atom. The minimum atomic E-state index is -0.612. The topological polar surface area (TPSA) is 76.3 Å². The molecule has 0 aliphatic heterocycles. The van der Waals surface area contributed by atoms with Gasteiger partial charge in [0.05, 0.1) is 4.92 Å². The third-order valence-corrected chi connectivity index (χ3v) is 2.94. The van der Waals surface area contributed by atoms with Crippen LogP contribution >= 0.6 is 11.6 Å². The lowest BCUT2D eigenvalue weighted by atomic mass is 10.1. The van der Waals surface area contributed by atoms with Crippen molar-refractivity contribution in [2.24, 2.45) is 11.8 Å². The summed E-state index contributed by atoms with van der Waals surface area (Å²) >= 11 is 5.78. The summed E-state index contributed by atoms with van der Waals surface area (Å²) in [5.74, 6) is 0.154.